The van der Waals surface area contributed by atoms with Crippen molar-refractivity contribution in [3.8, 4) is 11.3 Å². The Bertz CT molecular complexity index is 843. The van der Waals surface area contributed by atoms with Gasteiger partial charge < -0.3 is 0 Å². The van der Waals surface area contributed by atoms with Crippen molar-refractivity contribution in [2.75, 3.05) is 0 Å². The SMILES string of the molecule is O=C(N/N=C/c1cn[nH]c1-c1ccccc1)c1cccc(Br)c1. The first-order valence-corrected chi connectivity index (χ1v) is 7.71. The van der Waals surface area contributed by atoms with Crippen molar-refractivity contribution < 1.29 is 4.79 Å². The lowest BCUT2D eigenvalue weighted by Gasteiger charge is -2.01. The lowest BCUT2D eigenvalue weighted by atomic mass is 10.1. The van der Waals surface area contributed by atoms with Gasteiger partial charge in [-0.1, -0.05) is 52.3 Å². The van der Waals surface area contributed by atoms with E-state index in [4.69, 9.17) is 0 Å². The number of carbonyl (C=O) groups is 1. The molecule has 0 spiro atoms. The molecular formula is C17H13BrN4O. The zero-order valence-corrected chi connectivity index (χ0v) is 13.6. The Hall–Kier alpha value is -2.73. The molecule has 3 aromatic rings. The van der Waals surface area contributed by atoms with Gasteiger partial charge in [0.2, 0.25) is 0 Å². The first kappa shape index (κ1) is 15.2. The third kappa shape index (κ3) is 3.73. The molecule has 2 N–H and O–H groups in total. The number of nitrogens with one attached hydrogen (secondary N) is 2. The monoisotopic (exact) mass is 368 g/mol. The summed E-state index contributed by atoms with van der Waals surface area (Å²) in [6.45, 7) is 0. The van der Waals surface area contributed by atoms with Gasteiger partial charge in [-0.3, -0.25) is 9.89 Å². The summed E-state index contributed by atoms with van der Waals surface area (Å²) in [5, 5.41) is 11.0. The van der Waals surface area contributed by atoms with Gasteiger partial charge in [0.1, 0.15) is 0 Å². The minimum absolute atomic E-state index is 0.271. The van der Waals surface area contributed by atoms with Crippen molar-refractivity contribution in [1.82, 2.24) is 15.6 Å². The number of aromatic amines is 1. The van der Waals surface area contributed by atoms with Gasteiger partial charge in [-0.05, 0) is 18.2 Å². The van der Waals surface area contributed by atoms with E-state index in [0.717, 1.165) is 21.3 Å². The van der Waals surface area contributed by atoms with Gasteiger partial charge in [0.25, 0.3) is 5.91 Å². The van der Waals surface area contributed by atoms with Crippen molar-refractivity contribution in [3.63, 3.8) is 0 Å². The average molecular weight is 369 g/mol. The summed E-state index contributed by atoms with van der Waals surface area (Å²) in [5.74, 6) is -0.271. The third-order valence-electron chi connectivity index (χ3n) is 3.19. The topological polar surface area (TPSA) is 70.1 Å². The molecule has 23 heavy (non-hydrogen) atoms. The van der Waals surface area contributed by atoms with Gasteiger partial charge in [0.15, 0.2) is 0 Å². The largest absolute Gasteiger partial charge is 0.277 e. The second-order valence-corrected chi connectivity index (χ2v) is 5.69. The van der Waals surface area contributed by atoms with Crippen LogP contribution in [0.15, 0.2) is 70.4 Å². The van der Waals surface area contributed by atoms with E-state index in [-0.39, 0.29) is 5.91 Å². The van der Waals surface area contributed by atoms with E-state index < -0.39 is 0 Å². The van der Waals surface area contributed by atoms with Crippen molar-refractivity contribution in [3.05, 3.63) is 76.4 Å². The number of benzene rings is 2. The van der Waals surface area contributed by atoms with E-state index in [0.29, 0.717) is 5.56 Å². The Morgan fingerprint density at radius 2 is 2.00 bits per heavy atom. The van der Waals surface area contributed by atoms with Crippen molar-refractivity contribution >= 4 is 28.1 Å². The molecule has 0 bridgehead atoms. The molecule has 1 heterocycles. The predicted molar refractivity (Wildman–Crippen MR) is 93.2 cm³/mol. The normalized spacial score (nSPS) is 10.8. The Kier molecular flexibility index (Phi) is 4.63. The van der Waals surface area contributed by atoms with Gasteiger partial charge in [-0.25, -0.2) is 5.43 Å². The molecule has 0 unspecified atom stereocenters. The van der Waals surface area contributed by atoms with E-state index in [1.807, 2.05) is 36.4 Å². The summed E-state index contributed by atoms with van der Waals surface area (Å²) in [6.07, 6.45) is 3.23. The molecule has 114 valence electrons. The summed E-state index contributed by atoms with van der Waals surface area (Å²) in [6, 6.07) is 16.9. The quantitative estimate of drug-likeness (QED) is 0.545. The van der Waals surface area contributed by atoms with Crippen LogP contribution < -0.4 is 5.43 Å². The molecular weight excluding hydrogens is 356 g/mol. The maximum Gasteiger partial charge on any atom is 0.271 e. The highest BCUT2D eigenvalue weighted by atomic mass is 79.9. The van der Waals surface area contributed by atoms with Crippen LogP contribution in [0.3, 0.4) is 0 Å². The van der Waals surface area contributed by atoms with E-state index in [2.05, 4.69) is 36.7 Å². The number of carbonyl (C=O) groups excluding carboxylic acids is 1. The van der Waals surface area contributed by atoms with Crippen LogP contribution in [0, 0.1) is 0 Å². The second kappa shape index (κ2) is 7.02. The average Bonchev–Trinajstić information content (AvgIpc) is 3.04. The zero-order chi connectivity index (χ0) is 16.1. The van der Waals surface area contributed by atoms with Crippen LogP contribution in [0.25, 0.3) is 11.3 Å². The van der Waals surface area contributed by atoms with Crippen LogP contribution in [0.4, 0.5) is 0 Å². The Labute approximate surface area is 141 Å². The van der Waals surface area contributed by atoms with Crippen LogP contribution in [0.1, 0.15) is 15.9 Å². The van der Waals surface area contributed by atoms with E-state index in [9.17, 15) is 4.79 Å². The van der Waals surface area contributed by atoms with Gasteiger partial charge >= 0.3 is 0 Å². The molecule has 0 aliphatic rings. The predicted octanol–water partition coefficient (Wildman–Crippen LogP) is 3.60. The molecule has 3 rings (SSSR count). The third-order valence-corrected chi connectivity index (χ3v) is 3.68. The first-order valence-electron chi connectivity index (χ1n) is 6.92. The number of H-pyrrole nitrogens is 1. The van der Waals surface area contributed by atoms with Gasteiger partial charge in [0, 0.05) is 21.2 Å². The molecule has 6 heteroatoms. The molecule has 1 aromatic heterocycles. The Morgan fingerprint density at radius 1 is 1.17 bits per heavy atom. The maximum atomic E-state index is 12.0. The lowest BCUT2D eigenvalue weighted by molar-refractivity contribution is 0.0955. The molecule has 0 aliphatic heterocycles. The maximum absolute atomic E-state index is 12.0. The molecule has 0 fully saturated rings. The number of hydrogen-bond donors (Lipinski definition) is 2. The van der Waals surface area contributed by atoms with Gasteiger partial charge in [-0.2, -0.15) is 10.2 Å². The number of nitrogens with zero attached hydrogens (tertiary/aromatic N) is 2. The number of hydrazone groups is 1. The van der Waals surface area contributed by atoms with Crippen LogP contribution in [-0.2, 0) is 0 Å². The van der Waals surface area contributed by atoms with Crippen molar-refractivity contribution in [1.29, 1.82) is 0 Å². The van der Waals surface area contributed by atoms with Crippen LogP contribution in [0.2, 0.25) is 0 Å². The lowest BCUT2D eigenvalue weighted by Crippen LogP contribution is -2.17. The number of aromatic nitrogens is 2. The second-order valence-electron chi connectivity index (χ2n) is 4.78. The summed E-state index contributed by atoms with van der Waals surface area (Å²) >= 11 is 3.33. The first-order chi connectivity index (χ1) is 11.2. The zero-order valence-electron chi connectivity index (χ0n) is 12.0. The van der Waals surface area contributed by atoms with E-state index in [1.54, 1.807) is 30.6 Å². The van der Waals surface area contributed by atoms with Gasteiger partial charge in [0.05, 0.1) is 18.1 Å². The molecule has 0 saturated carbocycles. The summed E-state index contributed by atoms with van der Waals surface area (Å²) < 4.78 is 0.843. The summed E-state index contributed by atoms with van der Waals surface area (Å²) in [4.78, 5) is 12.0. The fourth-order valence-electron chi connectivity index (χ4n) is 2.08. The van der Waals surface area contributed by atoms with Crippen LogP contribution in [-0.4, -0.2) is 22.3 Å². The van der Waals surface area contributed by atoms with Crippen LogP contribution in [0.5, 0.6) is 0 Å². The fourth-order valence-corrected chi connectivity index (χ4v) is 2.48. The molecule has 5 nitrogen and oxygen atoms in total. The number of rotatable bonds is 4. The highest BCUT2D eigenvalue weighted by Gasteiger charge is 2.06. The van der Waals surface area contributed by atoms with E-state index in [1.165, 1.54) is 0 Å². The molecule has 1 amide bonds. The number of halogens is 1. The minimum atomic E-state index is -0.271. The van der Waals surface area contributed by atoms with Crippen molar-refractivity contribution in [2.24, 2.45) is 5.10 Å². The molecule has 0 aliphatic carbocycles. The molecule has 0 radical (unpaired) electrons. The number of amides is 1. The summed E-state index contributed by atoms with van der Waals surface area (Å²) in [5.41, 5.74) is 5.70. The van der Waals surface area contributed by atoms with E-state index >= 15 is 0 Å². The Morgan fingerprint density at radius 3 is 2.78 bits per heavy atom. The Balaban J connectivity index is 1.72. The number of hydrogen-bond acceptors (Lipinski definition) is 3. The standard InChI is InChI=1S/C17H13BrN4O/c18-15-8-4-7-13(9-15)17(23)22-20-11-14-10-19-21-16(14)12-5-2-1-3-6-12/h1-11H,(H,19,21)(H,22,23)/b20-11+. The summed E-state index contributed by atoms with van der Waals surface area (Å²) in [7, 11) is 0. The highest BCUT2D eigenvalue weighted by molar-refractivity contribution is 9.10. The smallest absolute Gasteiger partial charge is 0.271 e. The minimum Gasteiger partial charge on any atom is -0.277 e. The van der Waals surface area contributed by atoms with Crippen LogP contribution >= 0.6 is 15.9 Å². The molecule has 0 saturated heterocycles. The molecule has 0 atom stereocenters. The fraction of sp³-hybridized carbons (Fsp3) is 0. The van der Waals surface area contributed by atoms with Crippen molar-refractivity contribution in [2.45, 2.75) is 0 Å². The van der Waals surface area contributed by atoms with Gasteiger partial charge in [-0.15, -0.1) is 0 Å². The highest BCUT2D eigenvalue weighted by Crippen LogP contribution is 2.19. The molecule has 2 aromatic carbocycles.